The van der Waals surface area contributed by atoms with E-state index in [0.29, 0.717) is 36.9 Å². The molecule has 152 valence electrons. The van der Waals surface area contributed by atoms with Gasteiger partial charge < -0.3 is 14.2 Å². The van der Waals surface area contributed by atoms with Crippen LogP contribution in [0.5, 0.6) is 5.75 Å². The summed E-state index contributed by atoms with van der Waals surface area (Å²) in [6, 6.07) is 13.6. The lowest BCUT2D eigenvalue weighted by molar-refractivity contribution is 0.0716. The van der Waals surface area contributed by atoms with Crippen LogP contribution in [0, 0.1) is 11.7 Å². The van der Waals surface area contributed by atoms with Crippen molar-refractivity contribution in [3.05, 3.63) is 83.7 Å². The Kier molecular flexibility index (Phi) is 6.65. The van der Waals surface area contributed by atoms with Gasteiger partial charge in [-0.15, -0.1) is 0 Å². The highest BCUT2D eigenvalue weighted by Gasteiger charge is 2.20. The van der Waals surface area contributed by atoms with E-state index in [1.165, 1.54) is 12.1 Å². The Morgan fingerprint density at radius 1 is 1.21 bits per heavy atom. The zero-order valence-electron chi connectivity index (χ0n) is 17.0. The summed E-state index contributed by atoms with van der Waals surface area (Å²) in [5, 5.41) is 0. The van der Waals surface area contributed by atoms with E-state index in [1.807, 2.05) is 27.8 Å². The maximum absolute atomic E-state index is 13.2. The molecule has 0 aliphatic rings. The van der Waals surface area contributed by atoms with Crippen LogP contribution < -0.4 is 4.74 Å². The third-order valence-electron chi connectivity index (χ3n) is 4.59. The van der Waals surface area contributed by atoms with Crippen molar-refractivity contribution in [3.8, 4) is 5.75 Å². The van der Waals surface area contributed by atoms with Crippen LogP contribution in [0.2, 0.25) is 0 Å². The number of halogens is 1. The molecule has 0 atom stereocenters. The first kappa shape index (κ1) is 20.6. The van der Waals surface area contributed by atoms with Gasteiger partial charge in [-0.05, 0) is 41.8 Å². The Hall–Kier alpha value is -3.15. The molecule has 0 spiro atoms. The molecule has 0 unspecified atom stereocenters. The van der Waals surface area contributed by atoms with E-state index in [2.05, 4.69) is 18.8 Å². The fraction of sp³-hybridized carbons (Fsp3) is 0.304. The van der Waals surface area contributed by atoms with Gasteiger partial charge in [-0.1, -0.05) is 32.0 Å². The number of imidazole rings is 1. The summed E-state index contributed by atoms with van der Waals surface area (Å²) in [6.45, 7) is 5.73. The minimum absolute atomic E-state index is 0.0612. The number of nitrogens with zero attached hydrogens (tertiary/aromatic N) is 3. The van der Waals surface area contributed by atoms with Crippen molar-refractivity contribution in [3.63, 3.8) is 0 Å². The number of hydrogen-bond donors (Lipinski definition) is 0. The lowest BCUT2D eigenvalue weighted by Gasteiger charge is -2.25. The van der Waals surface area contributed by atoms with E-state index in [1.54, 1.807) is 37.6 Å². The maximum atomic E-state index is 13.2. The second-order valence-corrected chi connectivity index (χ2v) is 7.41. The number of benzene rings is 2. The molecular weight excluding hydrogens is 369 g/mol. The van der Waals surface area contributed by atoms with Crippen LogP contribution in [0.15, 0.2) is 60.9 Å². The number of methoxy groups -OCH3 is 1. The van der Waals surface area contributed by atoms with Gasteiger partial charge in [0, 0.05) is 31.0 Å². The quantitative estimate of drug-likeness (QED) is 0.569. The van der Waals surface area contributed by atoms with Crippen LogP contribution in [0.3, 0.4) is 0 Å². The van der Waals surface area contributed by atoms with Gasteiger partial charge in [0.2, 0.25) is 0 Å². The van der Waals surface area contributed by atoms with Crippen molar-refractivity contribution in [2.45, 2.75) is 26.9 Å². The van der Waals surface area contributed by atoms with Crippen LogP contribution in [0.1, 0.15) is 35.6 Å². The summed E-state index contributed by atoms with van der Waals surface area (Å²) in [4.78, 5) is 19.4. The third-order valence-corrected chi connectivity index (χ3v) is 4.59. The molecule has 29 heavy (non-hydrogen) atoms. The van der Waals surface area contributed by atoms with Crippen molar-refractivity contribution in [1.82, 2.24) is 14.5 Å². The fourth-order valence-electron chi connectivity index (χ4n) is 3.19. The first-order valence-electron chi connectivity index (χ1n) is 9.64. The number of carbonyl (C=O) groups is 1. The highest BCUT2D eigenvalue weighted by Crippen LogP contribution is 2.17. The van der Waals surface area contributed by atoms with E-state index < -0.39 is 0 Å². The van der Waals surface area contributed by atoms with E-state index in [0.717, 1.165) is 11.4 Å². The van der Waals surface area contributed by atoms with Crippen LogP contribution in [0.25, 0.3) is 0 Å². The molecule has 3 aromatic rings. The van der Waals surface area contributed by atoms with Crippen LogP contribution in [-0.2, 0) is 13.1 Å². The second kappa shape index (κ2) is 9.37. The topological polar surface area (TPSA) is 47.4 Å². The molecule has 0 radical (unpaired) electrons. The minimum atomic E-state index is -0.258. The highest BCUT2D eigenvalue weighted by atomic mass is 19.1. The summed E-state index contributed by atoms with van der Waals surface area (Å²) in [5.74, 6) is 1.43. The van der Waals surface area contributed by atoms with Gasteiger partial charge in [-0.3, -0.25) is 4.79 Å². The highest BCUT2D eigenvalue weighted by molar-refractivity contribution is 5.94. The van der Waals surface area contributed by atoms with Crippen molar-refractivity contribution >= 4 is 5.91 Å². The van der Waals surface area contributed by atoms with Crippen molar-refractivity contribution in [2.75, 3.05) is 13.7 Å². The molecule has 5 nitrogen and oxygen atoms in total. The Morgan fingerprint density at radius 3 is 2.66 bits per heavy atom. The molecule has 0 saturated heterocycles. The van der Waals surface area contributed by atoms with Crippen molar-refractivity contribution in [1.29, 1.82) is 0 Å². The van der Waals surface area contributed by atoms with E-state index in [9.17, 15) is 9.18 Å². The molecule has 0 saturated carbocycles. The van der Waals surface area contributed by atoms with Gasteiger partial charge in [0.1, 0.15) is 17.4 Å². The number of hydrogen-bond acceptors (Lipinski definition) is 3. The number of amides is 1. The van der Waals surface area contributed by atoms with Crippen LogP contribution >= 0.6 is 0 Å². The Morgan fingerprint density at radius 2 is 1.97 bits per heavy atom. The van der Waals surface area contributed by atoms with Gasteiger partial charge in [-0.25, -0.2) is 9.37 Å². The second-order valence-electron chi connectivity index (χ2n) is 7.41. The number of ether oxygens (including phenoxy) is 1. The zero-order chi connectivity index (χ0) is 20.8. The van der Waals surface area contributed by atoms with Crippen LogP contribution in [0.4, 0.5) is 4.39 Å². The lowest BCUT2D eigenvalue weighted by atomic mass is 10.1. The molecular formula is C23H26FN3O2. The average molecular weight is 395 g/mol. The Labute approximate surface area is 170 Å². The molecule has 0 aliphatic carbocycles. The number of carbonyl (C=O) groups excluding carboxylic acids is 1. The van der Waals surface area contributed by atoms with E-state index in [-0.39, 0.29) is 11.7 Å². The molecule has 0 N–H and O–H groups in total. The molecule has 0 fully saturated rings. The monoisotopic (exact) mass is 395 g/mol. The summed E-state index contributed by atoms with van der Waals surface area (Å²) >= 11 is 0. The van der Waals surface area contributed by atoms with Crippen LogP contribution in [-0.4, -0.2) is 34.0 Å². The third kappa shape index (κ3) is 5.44. The predicted molar refractivity (Wildman–Crippen MR) is 110 cm³/mol. The number of aromatic nitrogens is 2. The number of rotatable bonds is 8. The molecule has 1 amide bonds. The van der Waals surface area contributed by atoms with Gasteiger partial charge in [0.05, 0.1) is 13.7 Å². The molecule has 0 aliphatic heterocycles. The first-order chi connectivity index (χ1) is 14.0. The van der Waals surface area contributed by atoms with E-state index in [4.69, 9.17) is 4.74 Å². The largest absolute Gasteiger partial charge is 0.497 e. The van der Waals surface area contributed by atoms with Crippen molar-refractivity contribution in [2.24, 2.45) is 5.92 Å². The summed E-state index contributed by atoms with van der Waals surface area (Å²) in [5.41, 5.74) is 1.56. The summed E-state index contributed by atoms with van der Waals surface area (Å²) in [6.07, 6.45) is 3.60. The van der Waals surface area contributed by atoms with Gasteiger partial charge in [0.15, 0.2) is 0 Å². The first-order valence-corrected chi connectivity index (χ1v) is 9.64. The van der Waals surface area contributed by atoms with E-state index >= 15 is 0 Å². The molecule has 3 rings (SSSR count). The minimum Gasteiger partial charge on any atom is -0.497 e. The smallest absolute Gasteiger partial charge is 0.254 e. The summed E-state index contributed by atoms with van der Waals surface area (Å²) < 4.78 is 20.4. The maximum Gasteiger partial charge on any atom is 0.254 e. The Balaban J connectivity index is 1.81. The van der Waals surface area contributed by atoms with Crippen molar-refractivity contribution < 1.29 is 13.9 Å². The normalized spacial score (nSPS) is 10.9. The standard InChI is InChI=1S/C23H26FN3O2/c1-17(2)14-27(23(28)19-5-4-6-21(13-19)29-3)16-22-25-11-12-26(22)15-18-7-9-20(24)10-8-18/h4-13,17H,14-16H2,1-3H3. The average Bonchev–Trinajstić information content (AvgIpc) is 3.15. The van der Waals surface area contributed by atoms with Gasteiger partial charge >= 0.3 is 0 Å². The molecule has 2 aromatic carbocycles. The van der Waals surface area contributed by atoms with Gasteiger partial charge in [0.25, 0.3) is 5.91 Å². The lowest BCUT2D eigenvalue weighted by Crippen LogP contribution is -2.34. The predicted octanol–water partition coefficient (Wildman–Crippen LogP) is 4.38. The zero-order valence-corrected chi connectivity index (χ0v) is 17.0. The Bertz CT molecular complexity index is 951. The summed E-state index contributed by atoms with van der Waals surface area (Å²) in [7, 11) is 1.59. The molecule has 1 aromatic heterocycles. The molecule has 0 bridgehead atoms. The fourth-order valence-corrected chi connectivity index (χ4v) is 3.19. The SMILES string of the molecule is COc1cccc(C(=O)N(Cc2nccn2Cc2ccc(F)cc2)CC(C)C)c1. The molecule has 1 heterocycles. The molecule has 6 heteroatoms. The van der Waals surface area contributed by atoms with Gasteiger partial charge in [-0.2, -0.15) is 0 Å².